The Hall–Kier alpha value is -2.50. The summed E-state index contributed by atoms with van der Waals surface area (Å²) in [6.07, 6.45) is 2.56. The molecule has 0 spiro atoms. The van der Waals surface area contributed by atoms with Gasteiger partial charge in [0.25, 0.3) is 15.7 Å². The Bertz CT molecular complexity index is 1140. The number of nitrogens with zero attached hydrogens (tertiary/aromatic N) is 2. The molecule has 0 aliphatic carbocycles. The lowest BCUT2D eigenvalue weighted by molar-refractivity contribution is -0.385. The van der Waals surface area contributed by atoms with Crippen LogP contribution in [0, 0.1) is 17.0 Å². The van der Waals surface area contributed by atoms with E-state index in [-0.39, 0.29) is 21.2 Å². The van der Waals surface area contributed by atoms with Crippen LogP contribution in [0.1, 0.15) is 24.8 Å². The Morgan fingerprint density at radius 2 is 1.69 bits per heavy atom. The molecule has 1 N–H and O–H groups in total. The summed E-state index contributed by atoms with van der Waals surface area (Å²) in [6.45, 7) is 2.39. The van der Waals surface area contributed by atoms with Gasteiger partial charge in [-0.3, -0.25) is 14.8 Å². The standard InChI is InChI=1S/C18H21N3O6S2/c1-14-8-9-16(21(22)23)13-18(14)28(24,25)19-15-6-5-7-17(12-15)29(26,27)20-10-3-2-4-11-20/h5-9,12-13,19H,2-4,10-11H2,1H3. The van der Waals surface area contributed by atoms with Crippen LogP contribution < -0.4 is 4.72 Å². The molecule has 0 atom stereocenters. The number of piperidine rings is 1. The molecule has 2 aromatic rings. The van der Waals surface area contributed by atoms with Crippen LogP contribution in [0.4, 0.5) is 11.4 Å². The van der Waals surface area contributed by atoms with Gasteiger partial charge < -0.3 is 0 Å². The number of nitro groups is 1. The van der Waals surface area contributed by atoms with Gasteiger partial charge >= 0.3 is 0 Å². The third kappa shape index (κ3) is 4.57. The van der Waals surface area contributed by atoms with E-state index in [1.54, 1.807) is 0 Å². The molecule has 0 bridgehead atoms. The highest BCUT2D eigenvalue weighted by Crippen LogP contribution is 2.26. The number of anilines is 1. The molecule has 1 aliphatic heterocycles. The molecule has 9 nitrogen and oxygen atoms in total. The van der Waals surface area contributed by atoms with Gasteiger partial charge in [-0.05, 0) is 43.5 Å². The number of sulfonamides is 2. The van der Waals surface area contributed by atoms with Crippen molar-refractivity contribution in [2.75, 3.05) is 17.8 Å². The van der Waals surface area contributed by atoms with Gasteiger partial charge in [0.1, 0.15) is 0 Å². The number of nitrogens with one attached hydrogen (secondary N) is 1. The fraction of sp³-hybridized carbons (Fsp3) is 0.333. The Morgan fingerprint density at radius 1 is 1.00 bits per heavy atom. The molecule has 1 heterocycles. The zero-order valence-corrected chi connectivity index (χ0v) is 17.4. The van der Waals surface area contributed by atoms with Crippen molar-refractivity contribution in [3.63, 3.8) is 0 Å². The molecule has 156 valence electrons. The third-order valence-corrected chi connectivity index (χ3v) is 8.13. The summed E-state index contributed by atoms with van der Waals surface area (Å²) in [5.74, 6) is 0. The summed E-state index contributed by atoms with van der Waals surface area (Å²) >= 11 is 0. The topological polar surface area (TPSA) is 127 Å². The van der Waals surface area contributed by atoms with Crippen molar-refractivity contribution in [1.29, 1.82) is 0 Å². The maximum absolute atomic E-state index is 12.8. The van der Waals surface area contributed by atoms with E-state index in [2.05, 4.69) is 4.72 Å². The highest BCUT2D eigenvalue weighted by molar-refractivity contribution is 7.92. The van der Waals surface area contributed by atoms with Crippen molar-refractivity contribution >= 4 is 31.4 Å². The SMILES string of the molecule is Cc1ccc([N+](=O)[O-])cc1S(=O)(=O)Nc1cccc(S(=O)(=O)N2CCCCC2)c1. The maximum Gasteiger partial charge on any atom is 0.270 e. The smallest absolute Gasteiger partial charge is 0.270 e. The van der Waals surface area contributed by atoms with E-state index in [4.69, 9.17) is 0 Å². The van der Waals surface area contributed by atoms with Crippen molar-refractivity contribution in [2.24, 2.45) is 0 Å². The van der Waals surface area contributed by atoms with Crippen molar-refractivity contribution in [3.05, 3.63) is 58.1 Å². The Morgan fingerprint density at radius 3 is 2.34 bits per heavy atom. The fourth-order valence-electron chi connectivity index (χ4n) is 3.18. The number of non-ortho nitro benzene ring substituents is 1. The predicted octanol–water partition coefficient (Wildman–Crippen LogP) is 2.88. The molecular weight excluding hydrogens is 418 g/mol. The summed E-state index contributed by atoms with van der Waals surface area (Å²) in [6, 6.07) is 9.11. The molecule has 0 unspecified atom stereocenters. The van der Waals surface area contributed by atoms with Crippen LogP contribution in [0.3, 0.4) is 0 Å². The lowest BCUT2D eigenvalue weighted by atomic mass is 10.2. The van der Waals surface area contributed by atoms with Crippen LogP contribution in [0.5, 0.6) is 0 Å². The van der Waals surface area contributed by atoms with E-state index < -0.39 is 25.0 Å². The van der Waals surface area contributed by atoms with Crippen molar-refractivity contribution in [2.45, 2.75) is 36.0 Å². The normalized spacial score (nSPS) is 15.8. The first-order valence-corrected chi connectivity index (χ1v) is 11.9. The summed E-state index contributed by atoms with van der Waals surface area (Å²) in [7, 11) is -7.87. The van der Waals surface area contributed by atoms with Gasteiger partial charge in [0.15, 0.2) is 0 Å². The predicted molar refractivity (Wildman–Crippen MR) is 108 cm³/mol. The van der Waals surface area contributed by atoms with E-state index in [9.17, 15) is 26.9 Å². The van der Waals surface area contributed by atoms with Crippen LogP contribution in [0.15, 0.2) is 52.3 Å². The monoisotopic (exact) mass is 439 g/mol. The van der Waals surface area contributed by atoms with Crippen LogP contribution in [-0.2, 0) is 20.0 Å². The molecule has 0 saturated carbocycles. The van der Waals surface area contributed by atoms with Crippen LogP contribution in [0.25, 0.3) is 0 Å². The molecular formula is C18H21N3O6S2. The van der Waals surface area contributed by atoms with Crippen molar-refractivity contribution in [1.82, 2.24) is 4.31 Å². The summed E-state index contributed by atoms with van der Waals surface area (Å²) < 4.78 is 54.9. The Labute approximate surface area is 169 Å². The average molecular weight is 440 g/mol. The number of aryl methyl sites for hydroxylation is 1. The van der Waals surface area contributed by atoms with Gasteiger partial charge in [0.2, 0.25) is 10.0 Å². The van der Waals surface area contributed by atoms with Gasteiger partial charge in [-0.1, -0.05) is 18.6 Å². The lowest BCUT2D eigenvalue weighted by Crippen LogP contribution is -2.35. The second-order valence-electron chi connectivity index (χ2n) is 6.80. The van der Waals surface area contributed by atoms with Crippen LogP contribution >= 0.6 is 0 Å². The summed E-state index contributed by atoms with van der Waals surface area (Å²) in [5, 5.41) is 11.0. The number of nitro benzene ring substituents is 1. The molecule has 2 aromatic carbocycles. The summed E-state index contributed by atoms with van der Waals surface area (Å²) in [5.41, 5.74) is 0.0478. The van der Waals surface area contributed by atoms with Gasteiger partial charge in [-0.15, -0.1) is 0 Å². The van der Waals surface area contributed by atoms with Crippen molar-refractivity contribution < 1.29 is 21.8 Å². The number of benzene rings is 2. The molecule has 1 saturated heterocycles. The molecule has 0 radical (unpaired) electrons. The zero-order chi connectivity index (χ0) is 21.2. The Balaban J connectivity index is 1.92. The molecule has 1 fully saturated rings. The van der Waals surface area contributed by atoms with E-state index in [1.165, 1.54) is 47.6 Å². The molecule has 3 rings (SSSR count). The highest BCUT2D eigenvalue weighted by Gasteiger charge is 2.27. The van der Waals surface area contributed by atoms with E-state index in [0.29, 0.717) is 18.7 Å². The van der Waals surface area contributed by atoms with Crippen molar-refractivity contribution in [3.8, 4) is 0 Å². The van der Waals surface area contributed by atoms with Gasteiger partial charge in [-0.25, -0.2) is 16.8 Å². The van der Waals surface area contributed by atoms with E-state index in [0.717, 1.165) is 25.3 Å². The maximum atomic E-state index is 12.8. The number of hydrogen-bond donors (Lipinski definition) is 1. The average Bonchev–Trinajstić information content (AvgIpc) is 2.68. The molecule has 29 heavy (non-hydrogen) atoms. The molecule has 1 aliphatic rings. The minimum Gasteiger partial charge on any atom is -0.280 e. The highest BCUT2D eigenvalue weighted by atomic mass is 32.2. The minimum absolute atomic E-state index is 0.00429. The fourth-order valence-corrected chi connectivity index (χ4v) is 6.05. The molecule has 0 aromatic heterocycles. The van der Waals surface area contributed by atoms with Crippen LogP contribution in [0.2, 0.25) is 0 Å². The zero-order valence-electron chi connectivity index (χ0n) is 15.7. The first-order valence-electron chi connectivity index (χ1n) is 8.99. The quantitative estimate of drug-likeness (QED) is 0.545. The van der Waals surface area contributed by atoms with Gasteiger partial charge in [0, 0.05) is 25.2 Å². The Kier molecular flexibility index (Phi) is 5.92. The molecule has 11 heteroatoms. The van der Waals surface area contributed by atoms with Gasteiger partial charge in [0.05, 0.1) is 20.4 Å². The number of rotatable bonds is 6. The lowest BCUT2D eigenvalue weighted by Gasteiger charge is -2.26. The second-order valence-corrected chi connectivity index (χ2v) is 10.4. The molecule has 0 amide bonds. The van der Waals surface area contributed by atoms with E-state index in [1.807, 2.05) is 0 Å². The largest absolute Gasteiger partial charge is 0.280 e. The second kappa shape index (κ2) is 8.09. The van der Waals surface area contributed by atoms with Crippen LogP contribution in [-0.4, -0.2) is 39.2 Å². The van der Waals surface area contributed by atoms with Gasteiger partial charge in [-0.2, -0.15) is 4.31 Å². The minimum atomic E-state index is -4.15. The first kappa shape index (κ1) is 21.2. The summed E-state index contributed by atoms with van der Waals surface area (Å²) in [4.78, 5) is 10.1. The third-order valence-electron chi connectivity index (χ3n) is 4.71. The number of hydrogen-bond acceptors (Lipinski definition) is 6. The van der Waals surface area contributed by atoms with E-state index >= 15 is 0 Å². The first-order chi connectivity index (χ1) is 13.6.